The van der Waals surface area contributed by atoms with Crippen LogP contribution in [-0.2, 0) is 25.4 Å². The number of aryl methyl sites for hydroxylation is 1. The lowest BCUT2D eigenvalue weighted by atomic mass is 10.0. The molecule has 1 aromatic heterocycles. The highest BCUT2D eigenvalue weighted by atomic mass is 19.3. The van der Waals surface area contributed by atoms with Crippen molar-refractivity contribution in [3.8, 4) is 0 Å². The van der Waals surface area contributed by atoms with Crippen LogP contribution < -0.4 is 5.32 Å². The molecule has 0 spiro atoms. The molecule has 1 aliphatic heterocycles. The smallest absolute Gasteiger partial charge is 0.311 e. The monoisotopic (exact) mass is 425 g/mol. The summed E-state index contributed by atoms with van der Waals surface area (Å²) in [6.45, 7) is 3.94. The van der Waals surface area contributed by atoms with Gasteiger partial charge in [0.1, 0.15) is 17.5 Å². The van der Waals surface area contributed by atoms with Crippen molar-refractivity contribution in [2.24, 2.45) is 0 Å². The van der Waals surface area contributed by atoms with Crippen LogP contribution in [0.4, 0.5) is 19.0 Å². The molecular weight excluding hydrogens is 403 g/mol. The maximum atomic E-state index is 14.6. The molecule has 0 radical (unpaired) electrons. The van der Waals surface area contributed by atoms with E-state index in [1.165, 1.54) is 19.2 Å². The number of methoxy groups -OCH3 is 1. The van der Waals surface area contributed by atoms with E-state index in [4.69, 9.17) is 14.2 Å². The lowest BCUT2D eigenvalue weighted by Gasteiger charge is -2.22. The third-order valence-corrected chi connectivity index (χ3v) is 4.65. The number of rotatable bonds is 7. The summed E-state index contributed by atoms with van der Waals surface area (Å²) in [5.74, 6) is -0.875. The number of benzene rings is 1. The van der Waals surface area contributed by atoms with E-state index in [0.717, 1.165) is 6.07 Å². The fourth-order valence-electron chi connectivity index (χ4n) is 3.22. The minimum Gasteiger partial charge on any atom is -0.469 e. The third-order valence-electron chi connectivity index (χ3n) is 4.65. The van der Waals surface area contributed by atoms with E-state index < -0.39 is 36.1 Å². The van der Waals surface area contributed by atoms with E-state index in [0.29, 0.717) is 30.3 Å². The molecule has 2 aromatic rings. The first kappa shape index (κ1) is 22.0. The van der Waals surface area contributed by atoms with Crippen LogP contribution in [0, 0.1) is 12.7 Å². The van der Waals surface area contributed by atoms with E-state index >= 15 is 0 Å². The molecule has 7 nitrogen and oxygen atoms in total. The maximum absolute atomic E-state index is 14.6. The molecule has 30 heavy (non-hydrogen) atoms. The highest BCUT2D eigenvalue weighted by Crippen LogP contribution is 2.34. The molecule has 0 amide bonds. The second-order valence-electron chi connectivity index (χ2n) is 6.72. The fourth-order valence-corrected chi connectivity index (χ4v) is 3.22. The van der Waals surface area contributed by atoms with Crippen LogP contribution in [0.2, 0.25) is 0 Å². The molecule has 1 atom stereocenters. The van der Waals surface area contributed by atoms with Crippen LogP contribution in [0.15, 0.2) is 18.2 Å². The van der Waals surface area contributed by atoms with Crippen molar-refractivity contribution in [3.05, 3.63) is 52.2 Å². The van der Waals surface area contributed by atoms with Crippen molar-refractivity contribution in [1.82, 2.24) is 9.97 Å². The Morgan fingerprint density at radius 3 is 2.57 bits per heavy atom. The highest BCUT2D eigenvalue weighted by Gasteiger charge is 2.29. The Bertz CT molecular complexity index is 920. The topological polar surface area (TPSA) is 82.6 Å². The van der Waals surface area contributed by atoms with Gasteiger partial charge in [0.05, 0.1) is 49.6 Å². The standard InChI is InChI=1S/C20H22F3N3O4/c1-10(12-5-4-6-13(17(12)21)18(22)23)24-19-16(20-29-7-8-30-20)14(9-15(27)28-3)25-11(2)26-19/h4-6,10,18,20H,7-9H2,1-3H3,(H,24,25,26). The van der Waals surface area contributed by atoms with Gasteiger partial charge in [0.15, 0.2) is 6.29 Å². The van der Waals surface area contributed by atoms with Crippen LogP contribution in [0.5, 0.6) is 0 Å². The molecule has 0 saturated carbocycles. The molecule has 1 fully saturated rings. The number of carbonyl (C=O) groups is 1. The van der Waals surface area contributed by atoms with Crippen molar-refractivity contribution < 1.29 is 32.2 Å². The largest absolute Gasteiger partial charge is 0.469 e. The van der Waals surface area contributed by atoms with Crippen molar-refractivity contribution >= 4 is 11.8 Å². The summed E-state index contributed by atoms with van der Waals surface area (Å²) < 4.78 is 56.6. The van der Waals surface area contributed by atoms with E-state index in [9.17, 15) is 18.0 Å². The first-order chi connectivity index (χ1) is 14.3. The van der Waals surface area contributed by atoms with Gasteiger partial charge in [-0.3, -0.25) is 4.79 Å². The molecular formula is C20H22F3N3O4. The van der Waals surface area contributed by atoms with Crippen molar-refractivity contribution in [1.29, 1.82) is 0 Å². The average Bonchev–Trinajstić information content (AvgIpc) is 3.21. The van der Waals surface area contributed by atoms with Crippen LogP contribution in [0.25, 0.3) is 0 Å². The zero-order chi connectivity index (χ0) is 21.8. The number of halogens is 3. The van der Waals surface area contributed by atoms with E-state index in [1.54, 1.807) is 13.8 Å². The summed E-state index contributed by atoms with van der Waals surface area (Å²) in [5, 5.41) is 3.04. The van der Waals surface area contributed by atoms with Gasteiger partial charge in [0.25, 0.3) is 6.43 Å². The zero-order valence-electron chi connectivity index (χ0n) is 16.7. The van der Waals surface area contributed by atoms with Crippen molar-refractivity contribution in [2.75, 3.05) is 25.6 Å². The average molecular weight is 425 g/mol. The summed E-state index contributed by atoms with van der Waals surface area (Å²) in [6.07, 6.45) is -3.89. The molecule has 2 heterocycles. The van der Waals surface area contributed by atoms with Gasteiger partial charge in [-0.05, 0) is 13.8 Å². The van der Waals surface area contributed by atoms with E-state index in [1.807, 2.05) is 0 Å². The molecule has 10 heteroatoms. The highest BCUT2D eigenvalue weighted by molar-refractivity contribution is 5.73. The van der Waals surface area contributed by atoms with E-state index in [2.05, 4.69) is 15.3 Å². The number of nitrogens with one attached hydrogen (secondary N) is 1. The van der Waals surface area contributed by atoms with Gasteiger partial charge in [-0.2, -0.15) is 0 Å². The summed E-state index contributed by atoms with van der Waals surface area (Å²) in [6, 6.07) is 3.12. The second-order valence-corrected chi connectivity index (χ2v) is 6.72. The number of ether oxygens (including phenoxy) is 3. The zero-order valence-corrected chi connectivity index (χ0v) is 16.7. The fraction of sp³-hybridized carbons (Fsp3) is 0.450. The molecule has 1 aromatic carbocycles. The number of hydrogen-bond acceptors (Lipinski definition) is 7. The van der Waals surface area contributed by atoms with Gasteiger partial charge in [0.2, 0.25) is 0 Å². The van der Waals surface area contributed by atoms with Gasteiger partial charge in [-0.1, -0.05) is 18.2 Å². The minimum absolute atomic E-state index is 0.0535. The minimum atomic E-state index is -2.93. The second kappa shape index (κ2) is 9.40. The maximum Gasteiger partial charge on any atom is 0.311 e. The number of hydrogen-bond donors (Lipinski definition) is 1. The van der Waals surface area contributed by atoms with Crippen molar-refractivity contribution in [2.45, 2.75) is 39.0 Å². The molecule has 0 bridgehead atoms. The number of anilines is 1. The van der Waals surface area contributed by atoms with Crippen LogP contribution in [0.3, 0.4) is 0 Å². The normalized spacial score (nSPS) is 15.4. The van der Waals surface area contributed by atoms with Gasteiger partial charge < -0.3 is 19.5 Å². The van der Waals surface area contributed by atoms with Crippen LogP contribution in [0.1, 0.15) is 53.9 Å². The first-order valence-corrected chi connectivity index (χ1v) is 9.32. The van der Waals surface area contributed by atoms with Gasteiger partial charge in [-0.15, -0.1) is 0 Å². The Labute approximate surface area is 171 Å². The summed E-state index contributed by atoms with van der Waals surface area (Å²) in [4.78, 5) is 20.5. The molecule has 0 aliphatic carbocycles. The molecule has 1 saturated heterocycles. The Morgan fingerprint density at radius 1 is 1.27 bits per heavy atom. The lowest BCUT2D eigenvalue weighted by molar-refractivity contribution is -0.139. The number of alkyl halides is 2. The summed E-state index contributed by atoms with van der Waals surface area (Å²) in [7, 11) is 1.26. The SMILES string of the molecule is COC(=O)Cc1nc(C)nc(NC(C)c2cccc(C(F)F)c2F)c1C1OCCO1. The summed E-state index contributed by atoms with van der Waals surface area (Å²) >= 11 is 0. The third kappa shape index (κ3) is 4.71. The number of aromatic nitrogens is 2. The first-order valence-electron chi connectivity index (χ1n) is 9.32. The molecule has 162 valence electrons. The Hall–Kier alpha value is -2.72. The van der Waals surface area contributed by atoms with Crippen molar-refractivity contribution in [3.63, 3.8) is 0 Å². The Balaban J connectivity index is 2.00. The quantitative estimate of drug-likeness (QED) is 0.676. The molecule has 1 N–H and O–H groups in total. The Morgan fingerprint density at radius 2 is 1.93 bits per heavy atom. The summed E-state index contributed by atoms with van der Waals surface area (Å²) in [5.41, 5.74) is 0.116. The van der Waals surface area contributed by atoms with Gasteiger partial charge in [0, 0.05) is 5.56 Å². The van der Waals surface area contributed by atoms with Crippen LogP contribution >= 0.6 is 0 Å². The molecule has 1 unspecified atom stereocenters. The number of nitrogens with zero attached hydrogens (tertiary/aromatic N) is 2. The predicted molar refractivity (Wildman–Crippen MR) is 101 cm³/mol. The number of carbonyl (C=O) groups excluding carboxylic acids is 1. The predicted octanol–water partition coefficient (Wildman–Crippen LogP) is 3.80. The molecule has 1 aliphatic rings. The molecule has 3 rings (SSSR count). The Kier molecular flexibility index (Phi) is 6.88. The van der Waals surface area contributed by atoms with Gasteiger partial charge in [-0.25, -0.2) is 23.1 Å². The number of esters is 1. The van der Waals surface area contributed by atoms with Crippen LogP contribution in [-0.4, -0.2) is 36.3 Å². The van der Waals surface area contributed by atoms with E-state index in [-0.39, 0.29) is 17.8 Å². The lowest BCUT2D eigenvalue weighted by Crippen LogP contribution is -2.19. The van der Waals surface area contributed by atoms with Gasteiger partial charge >= 0.3 is 5.97 Å².